The number of likely N-dealkylation sites (tertiary alicyclic amines) is 1. The lowest BCUT2D eigenvalue weighted by Crippen LogP contribution is -2.49. The Kier molecular flexibility index (Phi) is 5.63. The first-order valence-corrected chi connectivity index (χ1v) is 8.14. The van der Waals surface area contributed by atoms with Gasteiger partial charge in [-0.05, 0) is 38.5 Å². The van der Waals surface area contributed by atoms with Crippen LogP contribution in [0.2, 0.25) is 0 Å². The highest BCUT2D eigenvalue weighted by Crippen LogP contribution is 2.40. The van der Waals surface area contributed by atoms with Crippen LogP contribution in [-0.2, 0) is 4.74 Å². The lowest BCUT2D eigenvalue weighted by Gasteiger charge is -2.39. The molecule has 2 N–H and O–H groups in total. The standard InChI is InChI=1S/C17H24F2N2O4/c1-16(2,3)25-15(24)21-7-5-17(18,19)12(9-21)11-4-6-20-13(8-11)14(23)10-22/h4,6,8,12,14,22-23H,5,7,9-10H2,1-3H3. The quantitative estimate of drug-likeness (QED) is 0.867. The lowest BCUT2D eigenvalue weighted by atomic mass is 9.87. The molecule has 6 nitrogen and oxygen atoms in total. The number of rotatable bonds is 3. The van der Waals surface area contributed by atoms with Crippen molar-refractivity contribution in [1.82, 2.24) is 9.88 Å². The van der Waals surface area contributed by atoms with Crippen molar-refractivity contribution in [2.45, 2.75) is 50.7 Å². The molecule has 1 aliphatic heterocycles. The molecule has 1 aliphatic rings. The largest absolute Gasteiger partial charge is 0.444 e. The van der Waals surface area contributed by atoms with E-state index in [1.54, 1.807) is 20.8 Å². The van der Waals surface area contributed by atoms with Crippen LogP contribution in [0.15, 0.2) is 18.3 Å². The monoisotopic (exact) mass is 358 g/mol. The molecule has 140 valence electrons. The molecular formula is C17H24F2N2O4. The molecular weight excluding hydrogens is 334 g/mol. The van der Waals surface area contributed by atoms with E-state index in [9.17, 15) is 18.7 Å². The number of carbonyl (C=O) groups excluding carboxylic acids is 1. The molecule has 1 aromatic rings. The minimum Gasteiger partial charge on any atom is -0.444 e. The third kappa shape index (κ3) is 4.85. The smallest absolute Gasteiger partial charge is 0.410 e. The molecule has 0 radical (unpaired) electrons. The van der Waals surface area contributed by atoms with Crippen LogP contribution in [0.5, 0.6) is 0 Å². The van der Waals surface area contributed by atoms with Gasteiger partial charge in [0.25, 0.3) is 5.92 Å². The number of hydrogen-bond donors (Lipinski definition) is 2. The van der Waals surface area contributed by atoms with Crippen LogP contribution in [0.3, 0.4) is 0 Å². The Labute approximate surface area is 145 Å². The zero-order valence-electron chi connectivity index (χ0n) is 14.6. The minimum absolute atomic E-state index is 0.0877. The molecule has 25 heavy (non-hydrogen) atoms. The molecule has 0 saturated carbocycles. The maximum Gasteiger partial charge on any atom is 0.410 e. The zero-order valence-corrected chi connectivity index (χ0v) is 14.6. The van der Waals surface area contributed by atoms with E-state index in [1.807, 2.05) is 0 Å². The van der Waals surface area contributed by atoms with Crippen molar-refractivity contribution in [2.24, 2.45) is 0 Å². The van der Waals surface area contributed by atoms with E-state index in [1.165, 1.54) is 23.2 Å². The predicted molar refractivity (Wildman–Crippen MR) is 86.4 cm³/mol. The van der Waals surface area contributed by atoms with E-state index in [0.29, 0.717) is 0 Å². The van der Waals surface area contributed by atoms with Crippen LogP contribution in [0.4, 0.5) is 13.6 Å². The minimum atomic E-state index is -3.00. The average molecular weight is 358 g/mol. The van der Waals surface area contributed by atoms with Gasteiger partial charge in [0.15, 0.2) is 0 Å². The number of pyridine rings is 1. The third-order valence-electron chi connectivity index (χ3n) is 4.00. The molecule has 0 spiro atoms. The summed E-state index contributed by atoms with van der Waals surface area (Å²) in [5.74, 6) is -4.23. The van der Waals surface area contributed by atoms with Crippen molar-refractivity contribution in [3.8, 4) is 0 Å². The molecule has 1 amide bonds. The number of piperidine rings is 1. The van der Waals surface area contributed by atoms with Crippen molar-refractivity contribution in [3.05, 3.63) is 29.6 Å². The molecule has 1 fully saturated rings. The first-order chi connectivity index (χ1) is 11.5. The van der Waals surface area contributed by atoms with Gasteiger partial charge in [0, 0.05) is 25.7 Å². The zero-order chi connectivity index (χ0) is 18.8. The average Bonchev–Trinajstić information content (AvgIpc) is 2.52. The summed E-state index contributed by atoms with van der Waals surface area (Å²) >= 11 is 0. The van der Waals surface area contributed by atoms with Gasteiger partial charge in [0.1, 0.15) is 11.7 Å². The lowest BCUT2D eigenvalue weighted by molar-refractivity contribution is -0.0771. The predicted octanol–water partition coefficient (Wildman–Crippen LogP) is 2.47. The number of alkyl halides is 2. The Morgan fingerprint density at radius 2 is 2.20 bits per heavy atom. The van der Waals surface area contributed by atoms with E-state index >= 15 is 0 Å². The first kappa shape index (κ1) is 19.5. The maximum atomic E-state index is 14.4. The van der Waals surface area contributed by atoms with E-state index in [2.05, 4.69) is 4.98 Å². The van der Waals surface area contributed by atoms with Crippen molar-refractivity contribution in [3.63, 3.8) is 0 Å². The third-order valence-corrected chi connectivity index (χ3v) is 4.00. The number of aliphatic hydroxyl groups is 2. The summed E-state index contributed by atoms with van der Waals surface area (Å²) in [5, 5.41) is 18.7. The molecule has 1 aromatic heterocycles. The molecule has 0 bridgehead atoms. The summed E-state index contributed by atoms with van der Waals surface area (Å²) in [5.41, 5.74) is -0.331. The van der Waals surface area contributed by atoms with Crippen LogP contribution in [-0.4, -0.2) is 57.4 Å². The topological polar surface area (TPSA) is 82.9 Å². The molecule has 0 aliphatic carbocycles. The Hall–Kier alpha value is -1.80. The van der Waals surface area contributed by atoms with Gasteiger partial charge in [0.2, 0.25) is 0 Å². The summed E-state index contributed by atoms with van der Waals surface area (Å²) in [7, 11) is 0. The Morgan fingerprint density at radius 3 is 2.80 bits per heavy atom. The van der Waals surface area contributed by atoms with Crippen molar-refractivity contribution in [2.75, 3.05) is 19.7 Å². The second-order valence-electron chi connectivity index (χ2n) is 7.20. The van der Waals surface area contributed by atoms with Crippen LogP contribution in [0.25, 0.3) is 0 Å². The highest BCUT2D eigenvalue weighted by molar-refractivity contribution is 5.68. The second-order valence-corrected chi connectivity index (χ2v) is 7.20. The van der Waals surface area contributed by atoms with Crippen molar-refractivity contribution in [1.29, 1.82) is 0 Å². The fourth-order valence-electron chi connectivity index (χ4n) is 2.70. The van der Waals surface area contributed by atoms with Crippen LogP contribution in [0.1, 0.15) is 50.5 Å². The first-order valence-electron chi connectivity index (χ1n) is 8.14. The fourth-order valence-corrected chi connectivity index (χ4v) is 2.70. The second kappa shape index (κ2) is 7.21. The van der Waals surface area contributed by atoms with Crippen LogP contribution < -0.4 is 0 Å². The molecule has 0 aromatic carbocycles. The van der Waals surface area contributed by atoms with Crippen LogP contribution >= 0.6 is 0 Å². The van der Waals surface area contributed by atoms with Gasteiger partial charge in [-0.1, -0.05) is 0 Å². The van der Waals surface area contributed by atoms with Gasteiger partial charge in [-0.25, -0.2) is 13.6 Å². The summed E-state index contributed by atoms with van der Waals surface area (Å²) in [4.78, 5) is 17.4. The Morgan fingerprint density at radius 1 is 1.52 bits per heavy atom. The van der Waals surface area contributed by atoms with Gasteiger partial charge >= 0.3 is 6.09 Å². The number of hydrogen-bond acceptors (Lipinski definition) is 5. The van der Waals surface area contributed by atoms with Gasteiger partial charge in [-0.2, -0.15) is 0 Å². The van der Waals surface area contributed by atoms with E-state index in [4.69, 9.17) is 9.84 Å². The number of nitrogens with zero attached hydrogens (tertiary/aromatic N) is 2. The molecule has 1 saturated heterocycles. The molecule has 8 heteroatoms. The van der Waals surface area contributed by atoms with Crippen molar-refractivity contribution < 1.29 is 28.5 Å². The van der Waals surface area contributed by atoms with Crippen LogP contribution in [0, 0.1) is 0 Å². The molecule has 2 rings (SSSR count). The highest BCUT2D eigenvalue weighted by Gasteiger charge is 2.46. The van der Waals surface area contributed by atoms with Gasteiger partial charge in [0.05, 0.1) is 18.2 Å². The fraction of sp³-hybridized carbons (Fsp3) is 0.647. The number of amides is 1. The molecule has 2 atom stereocenters. The number of halogens is 2. The number of ether oxygens (including phenoxy) is 1. The molecule has 2 unspecified atom stereocenters. The van der Waals surface area contributed by atoms with Gasteiger partial charge < -0.3 is 19.8 Å². The van der Waals surface area contributed by atoms with E-state index < -0.39 is 42.7 Å². The molecule has 2 heterocycles. The Balaban J connectivity index is 2.23. The van der Waals surface area contributed by atoms with Gasteiger partial charge in [-0.15, -0.1) is 0 Å². The van der Waals surface area contributed by atoms with E-state index in [0.717, 1.165) is 0 Å². The number of aromatic nitrogens is 1. The maximum absolute atomic E-state index is 14.4. The highest BCUT2D eigenvalue weighted by atomic mass is 19.3. The summed E-state index contributed by atoms with van der Waals surface area (Å²) in [6.07, 6.45) is -1.03. The van der Waals surface area contributed by atoms with E-state index in [-0.39, 0.29) is 24.3 Å². The summed E-state index contributed by atoms with van der Waals surface area (Å²) < 4.78 is 34.1. The van der Waals surface area contributed by atoms with Gasteiger partial charge in [-0.3, -0.25) is 4.98 Å². The Bertz CT molecular complexity index is 619. The number of carbonyl (C=O) groups is 1. The number of aliphatic hydroxyl groups excluding tert-OH is 2. The van der Waals surface area contributed by atoms with Crippen molar-refractivity contribution >= 4 is 6.09 Å². The summed E-state index contributed by atoms with van der Waals surface area (Å²) in [6, 6.07) is 2.78. The SMILES string of the molecule is CC(C)(C)OC(=O)N1CCC(F)(F)C(c2ccnc(C(O)CO)c2)C1. The normalized spacial score (nSPS) is 21.7. The summed E-state index contributed by atoms with van der Waals surface area (Å²) in [6.45, 7) is 4.31.